The molecule has 1 fully saturated rings. The van der Waals surface area contributed by atoms with E-state index in [1.807, 2.05) is 18.2 Å². The fourth-order valence-corrected chi connectivity index (χ4v) is 3.55. The highest BCUT2D eigenvalue weighted by Gasteiger charge is 2.36. The van der Waals surface area contributed by atoms with Crippen LogP contribution in [0.3, 0.4) is 0 Å². The first-order chi connectivity index (χ1) is 9.09. The molecule has 2 rings (SSSR count). The van der Waals surface area contributed by atoms with Gasteiger partial charge in [0.1, 0.15) is 5.75 Å². The highest BCUT2D eigenvalue weighted by molar-refractivity contribution is 6.30. The minimum Gasteiger partial charge on any atom is -0.496 e. The predicted molar refractivity (Wildman–Crippen MR) is 81.1 cm³/mol. The first kappa shape index (κ1) is 14.7. The third-order valence-electron chi connectivity index (χ3n) is 4.60. The Morgan fingerprint density at radius 3 is 2.63 bits per heavy atom. The van der Waals surface area contributed by atoms with E-state index < -0.39 is 0 Å². The number of benzene rings is 1. The quantitative estimate of drug-likeness (QED) is 0.879. The van der Waals surface area contributed by atoms with Crippen LogP contribution in [0.2, 0.25) is 5.02 Å². The Bertz CT molecular complexity index is 427. The van der Waals surface area contributed by atoms with Gasteiger partial charge in [-0.2, -0.15) is 0 Å². The van der Waals surface area contributed by atoms with E-state index in [1.54, 1.807) is 7.11 Å². The zero-order valence-corrected chi connectivity index (χ0v) is 12.9. The van der Waals surface area contributed by atoms with E-state index >= 15 is 0 Å². The van der Waals surface area contributed by atoms with Gasteiger partial charge in [-0.05, 0) is 55.5 Å². The first-order valence-corrected chi connectivity index (χ1v) is 7.46. The predicted octanol–water partition coefficient (Wildman–Crippen LogP) is 4.06. The highest BCUT2D eigenvalue weighted by atomic mass is 35.5. The molecular weight excluding hydrogens is 258 g/mol. The van der Waals surface area contributed by atoms with Crippen molar-refractivity contribution in [2.24, 2.45) is 5.41 Å². The van der Waals surface area contributed by atoms with Crippen molar-refractivity contribution in [2.45, 2.75) is 45.1 Å². The summed E-state index contributed by atoms with van der Waals surface area (Å²) in [7, 11) is 3.78. The van der Waals surface area contributed by atoms with Gasteiger partial charge in [0.2, 0.25) is 0 Å². The van der Waals surface area contributed by atoms with Gasteiger partial charge < -0.3 is 10.1 Å². The lowest BCUT2D eigenvalue weighted by Crippen LogP contribution is -2.41. The Kier molecular flexibility index (Phi) is 4.75. The molecular formula is C16H24ClNO. The number of rotatable bonds is 5. The van der Waals surface area contributed by atoms with Crippen molar-refractivity contribution in [3.8, 4) is 5.75 Å². The average Bonchev–Trinajstić information content (AvgIpc) is 2.84. The van der Waals surface area contributed by atoms with Crippen LogP contribution in [0.15, 0.2) is 18.2 Å². The average molecular weight is 282 g/mol. The van der Waals surface area contributed by atoms with Crippen molar-refractivity contribution in [2.75, 3.05) is 14.2 Å². The van der Waals surface area contributed by atoms with Crippen LogP contribution in [0, 0.1) is 5.41 Å². The third kappa shape index (κ3) is 3.24. The Labute approximate surface area is 121 Å². The molecule has 0 spiro atoms. The molecule has 1 aromatic carbocycles. The number of methoxy groups -OCH3 is 1. The van der Waals surface area contributed by atoms with E-state index in [0.29, 0.717) is 11.5 Å². The van der Waals surface area contributed by atoms with Crippen LogP contribution in [0.1, 0.15) is 38.2 Å². The van der Waals surface area contributed by atoms with Gasteiger partial charge in [-0.3, -0.25) is 0 Å². The van der Waals surface area contributed by atoms with Crippen LogP contribution in [0.4, 0.5) is 0 Å². The van der Waals surface area contributed by atoms with Crippen molar-refractivity contribution in [3.63, 3.8) is 0 Å². The van der Waals surface area contributed by atoms with Crippen molar-refractivity contribution in [1.29, 1.82) is 0 Å². The van der Waals surface area contributed by atoms with E-state index in [1.165, 1.54) is 31.2 Å². The number of hydrogen-bond acceptors (Lipinski definition) is 2. The van der Waals surface area contributed by atoms with Crippen LogP contribution in [0.5, 0.6) is 5.75 Å². The molecule has 0 saturated heterocycles. The van der Waals surface area contributed by atoms with Crippen LogP contribution in [-0.4, -0.2) is 20.2 Å². The summed E-state index contributed by atoms with van der Waals surface area (Å²) in [5, 5.41) is 4.28. The fourth-order valence-electron chi connectivity index (χ4n) is 3.35. The maximum absolute atomic E-state index is 6.12. The largest absolute Gasteiger partial charge is 0.496 e. The monoisotopic (exact) mass is 281 g/mol. The van der Waals surface area contributed by atoms with Crippen LogP contribution in [0.25, 0.3) is 0 Å². The summed E-state index contributed by atoms with van der Waals surface area (Å²) in [5.41, 5.74) is 1.59. The number of hydrogen-bond donors (Lipinski definition) is 1. The van der Waals surface area contributed by atoms with E-state index in [9.17, 15) is 0 Å². The number of nitrogens with one attached hydrogen (secondary N) is 1. The summed E-state index contributed by atoms with van der Waals surface area (Å²) in [6, 6.07) is 6.35. The molecule has 1 atom stereocenters. The zero-order valence-electron chi connectivity index (χ0n) is 12.1. The van der Waals surface area contributed by atoms with Gasteiger partial charge in [-0.25, -0.2) is 0 Å². The summed E-state index contributed by atoms with van der Waals surface area (Å²) in [6.07, 6.45) is 6.28. The lowest BCUT2D eigenvalue weighted by Gasteiger charge is -2.34. The molecule has 0 heterocycles. The van der Waals surface area contributed by atoms with Crippen molar-refractivity contribution in [3.05, 3.63) is 28.8 Å². The molecule has 3 heteroatoms. The summed E-state index contributed by atoms with van der Waals surface area (Å²) in [5.74, 6) is 0.936. The van der Waals surface area contributed by atoms with Crippen LogP contribution >= 0.6 is 11.6 Å². The lowest BCUT2D eigenvalue weighted by atomic mass is 9.78. The molecule has 1 aliphatic carbocycles. The normalized spacial score (nSPS) is 19.4. The van der Waals surface area contributed by atoms with Crippen LogP contribution in [-0.2, 0) is 6.42 Å². The van der Waals surface area contributed by atoms with Gasteiger partial charge >= 0.3 is 0 Å². The van der Waals surface area contributed by atoms with Gasteiger partial charge in [0.05, 0.1) is 7.11 Å². The minimum atomic E-state index is 0.391. The molecule has 0 bridgehead atoms. The van der Waals surface area contributed by atoms with Crippen molar-refractivity contribution in [1.82, 2.24) is 5.32 Å². The van der Waals surface area contributed by atoms with E-state index in [2.05, 4.69) is 19.3 Å². The SMILES string of the molecule is CNC(Cc1cc(Cl)ccc1OC)C1(C)CCCC1. The topological polar surface area (TPSA) is 21.3 Å². The number of ether oxygens (including phenoxy) is 1. The summed E-state index contributed by atoms with van der Waals surface area (Å²) in [4.78, 5) is 0. The second kappa shape index (κ2) is 6.15. The number of likely N-dealkylation sites (N-methyl/N-ethyl adjacent to an activating group) is 1. The molecule has 106 valence electrons. The minimum absolute atomic E-state index is 0.391. The van der Waals surface area contributed by atoms with Crippen molar-refractivity contribution < 1.29 is 4.74 Å². The maximum Gasteiger partial charge on any atom is 0.122 e. The Balaban J connectivity index is 2.20. The standard InChI is InChI=1S/C16H24ClNO/c1-16(8-4-5-9-16)15(18-2)11-12-10-13(17)6-7-14(12)19-3/h6-7,10,15,18H,4-5,8-9,11H2,1-3H3. The summed E-state index contributed by atoms with van der Waals surface area (Å²) >= 11 is 6.12. The molecule has 19 heavy (non-hydrogen) atoms. The van der Waals surface area contributed by atoms with Crippen molar-refractivity contribution >= 4 is 11.6 Å². The number of halogens is 1. The molecule has 0 aliphatic heterocycles. The van der Waals surface area contributed by atoms with Gasteiger partial charge in [-0.1, -0.05) is 31.4 Å². The van der Waals surface area contributed by atoms with E-state index in [4.69, 9.17) is 16.3 Å². The zero-order chi connectivity index (χ0) is 13.9. The van der Waals surface area contributed by atoms with Gasteiger partial charge in [0.25, 0.3) is 0 Å². The maximum atomic E-state index is 6.12. The summed E-state index contributed by atoms with van der Waals surface area (Å²) < 4.78 is 5.45. The van der Waals surface area contributed by atoms with E-state index in [-0.39, 0.29) is 0 Å². The molecule has 1 unspecified atom stereocenters. The second-order valence-electron chi connectivity index (χ2n) is 5.86. The Morgan fingerprint density at radius 1 is 1.37 bits per heavy atom. The Hall–Kier alpha value is -0.730. The highest BCUT2D eigenvalue weighted by Crippen LogP contribution is 2.42. The first-order valence-electron chi connectivity index (χ1n) is 7.09. The third-order valence-corrected chi connectivity index (χ3v) is 4.84. The molecule has 0 radical (unpaired) electrons. The molecule has 1 N–H and O–H groups in total. The molecule has 0 aromatic heterocycles. The van der Waals surface area contributed by atoms with Gasteiger partial charge in [0.15, 0.2) is 0 Å². The molecule has 0 amide bonds. The molecule has 1 aromatic rings. The molecule has 1 aliphatic rings. The lowest BCUT2D eigenvalue weighted by molar-refractivity contribution is 0.228. The second-order valence-corrected chi connectivity index (χ2v) is 6.30. The van der Waals surface area contributed by atoms with E-state index in [0.717, 1.165) is 17.2 Å². The molecule has 2 nitrogen and oxygen atoms in total. The van der Waals surface area contributed by atoms with Crippen LogP contribution < -0.4 is 10.1 Å². The Morgan fingerprint density at radius 2 is 2.05 bits per heavy atom. The van der Waals surface area contributed by atoms with Gasteiger partial charge in [-0.15, -0.1) is 0 Å². The van der Waals surface area contributed by atoms with Gasteiger partial charge in [0, 0.05) is 11.1 Å². The summed E-state index contributed by atoms with van der Waals surface area (Å²) in [6.45, 7) is 2.40. The fraction of sp³-hybridized carbons (Fsp3) is 0.625. The smallest absolute Gasteiger partial charge is 0.122 e. The molecule has 1 saturated carbocycles.